The topological polar surface area (TPSA) is 105 Å². The summed E-state index contributed by atoms with van der Waals surface area (Å²) in [5.41, 5.74) is 1.82. The summed E-state index contributed by atoms with van der Waals surface area (Å²) >= 11 is 15.3. The van der Waals surface area contributed by atoms with Crippen molar-refractivity contribution in [2.45, 2.75) is 6.92 Å². The van der Waals surface area contributed by atoms with Gasteiger partial charge in [-0.25, -0.2) is 9.69 Å². The number of nitrogens with one attached hydrogen (secondary N) is 2. The van der Waals surface area contributed by atoms with E-state index >= 15 is 0 Å². The normalized spacial score (nSPS) is 14.5. The second-order valence-corrected chi connectivity index (χ2v) is 9.67. The van der Waals surface area contributed by atoms with Crippen LogP contribution >= 0.6 is 39.1 Å². The quantitative estimate of drug-likeness (QED) is 0.276. The summed E-state index contributed by atoms with van der Waals surface area (Å²) in [6, 6.07) is 15.4. The minimum atomic E-state index is -0.927. The van der Waals surface area contributed by atoms with Crippen molar-refractivity contribution in [2.75, 3.05) is 16.8 Å². The van der Waals surface area contributed by atoms with Gasteiger partial charge in [-0.3, -0.25) is 19.7 Å². The van der Waals surface area contributed by atoms with Crippen molar-refractivity contribution in [2.24, 2.45) is 0 Å². The first-order valence-electron chi connectivity index (χ1n) is 10.8. The Labute approximate surface area is 230 Å². The first-order valence-corrected chi connectivity index (χ1v) is 12.3. The molecule has 0 atom stereocenters. The SMILES string of the molecule is Cc1ccc(NC(=O)COc2ccc(Br)cc2/C=C2\C(=O)NC(=O)N(c3ccc(Cl)c(Cl)c3)C2=O)cc1. The molecular formula is C26H18BrCl2N3O5. The van der Waals surface area contributed by atoms with Gasteiger partial charge in [-0.15, -0.1) is 0 Å². The van der Waals surface area contributed by atoms with Gasteiger partial charge in [-0.05, 0) is 61.5 Å². The number of carbonyl (C=O) groups is 4. The number of hydrogen-bond donors (Lipinski definition) is 2. The lowest BCUT2D eigenvalue weighted by molar-refractivity contribution is -0.122. The monoisotopic (exact) mass is 601 g/mol. The summed E-state index contributed by atoms with van der Waals surface area (Å²) in [6.07, 6.45) is 1.28. The Hall–Kier alpha value is -3.66. The minimum absolute atomic E-state index is 0.133. The van der Waals surface area contributed by atoms with E-state index in [1.165, 1.54) is 24.3 Å². The number of barbiturate groups is 1. The van der Waals surface area contributed by atoms with E-state index in [1.54, 1.807) is 30.3 Å². The smallest absolute Gasteiger partial charge is 0.335 e. The fourth-order valence-electron chi connectivity index (χ4n) is 3.41. The standard InChI is InChI=1S/C26H18BrCl2N3O5/c1-14-2-5-17(6-3-14)30-23(33)13-37-22-9-4-16(27)10-15(22)11-19-24(34)31-26(36)32(25(19)35)18-7-8-20(28)21(29)12-18/h2-12H,13H2,1H3,(H,30,33)(H,31,34,36)/b19-11+. The maximum absolute atomic E-state index is 13.2. The molecule has 1 fully saturated rings. The zero-order chi connectivity index (χ0) is 26.7. The number of halogens is 3. The van der Waals surface area contributed by atoms with E-state index in [-0.39, 0.29) is 33.7 Å². The van der Waals surface area contributed by atoms with Crippen LogP contribution in [-0.4, -0.2) is 30.4 Å². The molecule has 1 aliphatic rings. The highest BCUT2D eigenvalue weighted by Gasteiger charge is 2.37. The van der Waals surface area contributed by atoms with E-state index in [0.29, 0.717) is 15.7 Å². The molecule has 1 heterocycles. The molecule has 188 valence electrons. The van der Waals surface area contributed by atoms with Gasteiger partial charge in [0.05, 0.1) is 15.7 Å². The minimum Gasteiger partial charge on any atom is -0.483 e. The summed E-state index contributed by atoms with van der Waals surface area (Å²) in [4.78, 5) is 51.5. The number of hydrogen-bond acceptors (Lipinski definition) is 5. The van der Waals surface area contributed by atoms with E-state index in [1.807, 2.05) is 19.1 Å². The van der Waals surface area contributed by atoms with Gasteiger partial charge in [0.2, 0.25) is 0 Å². The van der Waals surface area contributed by atoms with Crippen molar-refractivity contribution in [1.82, 2.24) is 5.32 Å². The van der Waals surface area contributed by atoms with Crippen molar-refractivity contribution >= 4 is 80.3 Å². The van der Waals surface area contributed by atoms with Gasteiger partial charge in [0.25, 0.3) is 17.7 Å². The van der Waals surface area contributed by atoms with E-state index in [9.17, 15) is 19.2 Å². The van der Waals surface area contributed by atoms with Crippen LogP contribution in [0.4, 0.5) is 16.2 Å². The third-order valence-corrected chi connectivity index (χ3v) is 6.46. The van der Waals surface area contributed by atoms with Gasteiger partial charge >= 0.3 is 6.03 Å². The Bertz CT molecular complexity index is 1460. The molecule has 3 aromatic carbocycles. The molecule has 0 aromatic heterocycles. The molecule has 11 heteroatoms. The van der Waals surface area contributed by atoms with Gasteiger partial charge in [-0.2, -0.15) is 0 Å². The summed E-state index contributed by atoms with van der Waals surface area (Å²) in [7, 11) is 0. The highest BCUT2D eigenvalue weighted by atomic mass is 79.9. The molecule has 0 bridgehead atoms. The lowest BCUT2D eigenvalue weighted by atomic mass is 10.1. The van der Waals surface area contributed by atoms with Crippen LogP contribution in [0.2, 0.25) is 10.0 Å². The maximum atomic E-state index is 13.2. The van der Waals surface area contributed by atoms with Gasteiger partial charge in [0.15, 0.2) is 6.61 Å². The molecule has 4 rings (SSSR count). The van der Waals surface area contributed by atoms with Crippen molar-refractivity contribution < 1.29 is 23.9 Å². The molecule has 37 heavy (non-hydrogen) atoms. The van der Waals surface area contributed by atoms with Crippen LogP contribution in [0.1, 0.15) is 11.1 Å². The largest absolute Gasteiger partial charge is 0.483 e. The Morgan fingerprint density at radius 3 is 2.46 bits per heavy atom. The summed E-state index contributed by atoms with van der Waals surface area (Å²) in [5, 5.41) is 5.25. The van der Waals surface area contributed by atoms with E-state index in [2.05, 4.69) is 26.6 Å². The number of anilines is 2. The number of carbonyl (C=O) groups excluding carboxylic acids is 4. The summed E-state index contributed by atoms with van der Waals surface area (Å²) in [6.45, 7) is 1.62. The third-order valence-electron chi connectivity index (χ3n) is 5.23. The molecule has 1 saturated heterocycles. The van der Waals surface area contributed by atoms with E-state index < -0.39 is 23.8 Å². The first-order chi connectivity index (χ1) is 17.6. The molecule has 3 aromatic rings. The van der Waals surface area contributed by atoms with Crippen LogP contribution in [0, 0.1) is 6.92 Å². The van der Waals surface area contributed by atoms with E-state index in [4.69, 9.17) is 27.9 Å². The number of imide groups is 2. The number of rotatable bonds is 6. The number of amides is 5. The first kappa shape index (κ1) is 26.4. The summed E-state index contributed by atoms with van der Waals surface area (Å²) < 4.78 is 6.33. The molecule has 0 unspecified atom stereocenters. The predicted octanol–water partition coefficient (Wildman–Crippen LogP) is 5.75. The van der Waals surface area contributed by atoms with Gasteiger partial charge in [-0.1, -0.05) is 56.8 Å². The van der Waals surface area contributed by atoms with Crippen LogP contribution in [0.3, 0.4) is 0 Å². The highest BCUT2D eigenvalue weighted by molar-refractivity contribution is 9.10. The molecule has 2 N–H and O–H groups in total. The predicted molar refractivity (Wildman–Crippen MR) is 145 cm³/mol. The molecule has 0 aliphatic carbocycles. The van der Waals surface area contributed by atoms with Crippen LogP contribution in [-0.2, 0) is 14.4 Å². The van der Waals surface area contributed by atoms with Crippen LogP contribution < -0.4 is 20.3 Å². The molecule has 0 spiro atoms. The molecule has 1 aliphatic heterocycles. The zero-order valence-electron chi connectivity index (χ0n) is 19.2. The number of urea groups is 1. The fraction of sp³-hybridized carbons (Fsp3) is 0.0769. The lowest BCUT2D eigenvalue weighted by Crippen LogP contribution is -2.54. The van der Waals surface area contributed by atoms with Crippen molar-refractivity contribution in [1.29, 1.82) is 0 Å². The van der Waals surface area contributed by atoms with Gasteiger partial charge in [0, 0.05) is 15.7 Å². The van der Waals surface area contributed by atoms with Crippen molar-refractivity contribution in [3.8, 4) is 5.75 Å². The second-order valence-electron chi connectivity index (χ2n) is 7.94. The average Bonchev–Trinajstić information content (AvgIpc) is 2.84. The van der Waals surface area contributed by atoms with Gasteiger partial charge in [0.1, 0.15) is 11.3 Å². The highest BCUT2D eigenvalue weighted by Crippen LogP contribution is 2.31. The Morgan fingerprint density at radius 1 is 1.03 bits per heavy atom. The molecule has 0 radical (unpaired) electrons. The average molecular weight is 603 g/mol. The zero-order valence-corrected chi connectivity index (χ0v) is 22.3. The Balaban J connectivity index is 1.58. The molecule has 5 amide bonds. The number of nitrogens with zero attached hydrogens (tertiary/aromatic N) is 1. The summed E-state index contributed by atoms with van der Waals surface area (Å²) in [5.74, 6) is -1.90. The number of ether oxygens (including phenoxy) is 1. The molecule has 0 saturated carbocycles. The van der Waals surface area contributed by atoms with E-state index in [0.717, 1.165) is 10.5 Å². The maximum Gasteiger partial charge on any atom is 0.335 e. The lowest BCUT2D eigenvalue weighted by Gasteiger charge is -2.26. The van der Waals surface area contributed by atoms with Crippen molar-refractivity contribution in [3.63, 3.8) is 0 Å². The van der Waals surface area contributed by atoms with Gasteiger partial charge < -0.3 is 10.1 Å². The van der Waals surface area contributed by atoms with Crippen LogP contribution in [0.25, 0.3) is 6.08 Å². The third kappa shape index (κ3) is 6.19. The molecule has 8 nitrogen and oxygen atoms in total. The fourth-order valence-corrected chi connectivity index (χ4v) is 4.08. The second kappa shape index (κ2) is 11.2. The van der Waals surface area contributed by atoms with Crippen LogP contribution in [0.5, 0.6) is 5.75 Å². The number of aryl methyl sites for hydroxylation is 1. The van der Waals surface area contributed by atoms with Crippen molar-refractivity contribution in [3.05, 3.63) is 91.9 Å². The number of benzene rings is 3. The molecular weight excluding hydrogens is 585 g/mol. The Kier molecular flexibility index (Phi) is 7.97. The Morgan fingerprint density at radius 2 is 1.76 bits per heavy atom. The van der Waals surface area contributed by atoms with Crippen LogP contribution in [0.15, 0.2) is 70.7 Å².